The molecule has 1 aliphatic carbocycles. The molecule has 2 aromatic rings. The van der Waals surface area contributed by atoms with Crippen molar-refractivity contribution in [2.45, 2.75) is 56.1 Å². The van der Waals surface area contributed by atoms with Gasteiger partial charge < -0.3 is 4.90 Å². The third-order valence-corrected chi connectivity index (χ3v) is 6.65. The molecule has 0 spiro atoms. The number of aromatic nitrogens is 3. The Bertz CT molecular complexity index is 701. The first-order valence-electron chi connectivity index (χ1n) is 9.22. The Morgan fingerprint density at radius 2 is 1.92 bits per heavy atom. The van der Waals surface area contributed by atoms with Gasteiger partial charge in [0.05, 0.1) is 10.6 Å². The topological polar surface area (TPSA) is 51.0 Å². The summed E-state index contributed by atoms with van der Waals surface area (Å²) in [6, 6.07) is 4.64. The Kier molecular flexibility index (Phi) is 5.41. The van der Waals surface area contributed by atoms with Crippen molar-refractivity contribution in [2.24, 2.45) is 0 Å². The van der Waals surface area contributed by atoms with Crippen LogP contribution in [0.5, 0.6) is 0 Å². The van der Waals surface area contributed by atoms with Crippen molar-refractivity contribution in [3.05, 3.63) is 17.5 Å². The molecule has 0 bridgehead atoms. The highest BCUT2D eigenvalue weighted by molar-refractivity contribution is 7.99. The number of nitrogens with zero attached hydrogens (tertiary/aromatic N) is 4. The minimum Gasteiger partial charge on any atom is -0.342 e. The monoisotopic (exact) mass is 376 g/mol. The lowest BCUT2D eigenvalue weighted by molar-refractivity contribution is -0.128. The molecular formula is C18H24N4OS2. The van der Waals surface area contributed by atoms with Crippen LogP contribution in [0.25, 0.3) is 10.7 Å². The van der Waals surface area contributed by atoms with Crippen molar-refractivity contribution in [3.8, 4) is 10.7 Å². The Labute approximate surface area is 156 Å². The van der Waals surface area contributed by atoms with Crippen molar-refractivity contribution in [3.63, 3.8) is 0 Å². The fourth-order valence-electron chi connectivity index (χ4n) is 3.33. The molecule has 134 valence electrons. The van der Waals surface area contributed by atoms with E-state index in [1.54, 1.807) is 23.1 Å². The van der Waals surface area contributed by atoms with E-state index < -0.39 is 0 Å². The van der Waals surface area contributed by atoms with Crippen molar-refractivity contribution in [1.29, 1.82) is 0 Å². The second-order valence-electron chi connectivity index (χ2n) is 6.82. The summed E-state index contributed by atoms with van der Waals surface area (Å²) in [5.74, 6) is 1.67. The molecule has 2 aromatic heterocycles. The molecule has 1 aliphatic heterocycles. The Morgan fingerprint density at radius 3 is 2.60 bits per heavy atom. The summed E-state index contributed by atoms with van der Waals surface area (Å²) in [7, 11) is 0. The van der Waals surface area contributed by atoms with E-state index in [2.05, 4.69) is 26.2 Å². The highest BCUT2D eigenvalue weighted by atomic mass is 32.2. The number of carbonyl (C=O) groups is 1. The lowest BCUT2D eigenvalue weighted by Gasteiger charge is -2.24. The van der Waals surface area contributed by atoms with E-state index in [1.165, 1.54) is 32.1 Å². The van der Waals surface area contributed by atoms with Crippen molar-refractivity contribution in [2.75, 3.05) is 18.8 Å². The van der Waals surface area contributed by atoms with Crippen LogP contribution in [-0.2, 0) is 4.79 Å². The first kappa shape index (κ1) is 17.1. The predicted octanol–water partition coefficient (Wildman–Crippen LogP) is 4.23. The van der Waals surface area contributed by atoms with Gasteiger partial charge in [0.15, 0.2) is 11.0 Å². The summed E-state index contributed by atoms with van der Waals surface area (Å²) >= 11 is 3.24. The van der Waals surface area contributed by atoms with Gasteiger partial charge in [-0.2, -0.15) is 0 Å². The second-order valence-corrected chi connectivity index (χ2v) is 8.71. The van der Waals surface area contributed by atoms with Gasteiger partial charge in [-0.3, -0.25) is 9.36 Å². The Morgan fingerprint density at radius 1 is 1.16 bits per heavy atom. The number of amides is 1. The van der Waals surface area contributed by atoms with Crippen LogP contribution in [0.4, 0.5) is 0 Å². The molecule has 4 rings (SSSR count). The molecule has 3 heterocycles. The van der Waals surface area contributed by atoms with E-state index in [1.807, 2.05) is 11.0 Å². The first-order chi connectivity index (χ1) is 12.3. The minimum atomic E-state index is 0.245. The minimum absolute atomic E-state index is 0.245. The summed E-state index contributed by atoms with van der Waals surface area (Å²) in [5.41, 5.74) is 0. The van der Waals surface area contributed by atoms with Crippen molar-refractivity contribution >= 4 is 29.0 Å². The van der Waals surface area contributed by atoms with Crippen LogP contribution in [0.3, 0.4) is 0 Å². The molecule has 1 amide bonds. The van der Waals surface area contributed by atoms with Gasteiger partial charge in [-0.25, -0.2) is 0 Å². The molecule has 0 N–H and O–H groups in total. The van der Waals surface area contributed by atoms with Crippen molar-refractivity contribution in [1.82, 2.24) is 19.7 Å². The van der Waals surface area contributed by atoms with Gasteiger partial charge in [0.1, 0.15) is 0 Å². The number of rotatable bonds is 5. The van der Waals surface area contributed by atoms with Gasteiger partial charge in [0, 0.05) is 19.1 Å². The molecule has 0 radical (unpaired) electrons. The van der Waals surface area contributed by atoms with Gasteiger partial charge in [-0.1, -0.05) is 37.1 Å². The SMILES string of the molecule is O=C(CSc1nnc(-c2cccs2)n1C1CC1)N1CCCCCCC1. The van der Waals surface area contributed by atoms with E-state index in [4.69, 9.17) is 0 Å². The average molecular weight is 377 g/mol. The Hall–Kier alpha value is -1.34. The highest BCUT2D eigenvalue weighted by Crippen LogP contribution is 2.41. The zero-order chi connectivity index (χ0) is 17.1. The smallest absolute Gasteiger partial charge is 0.233 e. The summed E-state index contributed by atoms with van der Waals surface area (Å²) < 4.78 is 2.25. The van der Waals surface area contributed by atoms with Gasteiger partial charge >= 0.3 is 0 Å². The van der Waals surface area contributed by atoms with Gasteiger partial charge in [0.25, 0.3) is 0 Å². The van der Waals surface area contributed by atoms with Crippen LogP contribution in [-0.4, -0.2) is 44.4 Å². The number of likely N-dealkylation sites (tertiary alicyclic amines) is 1. The fraction of sp³-hybridized carbons (Fsp3) is 0.611. The molecule has 25 heavy (non-hydrogen) atoms. The molecule has 2 fully saturated rings. The summed E-state index contributed by atoms with van der Waals surface area (Å²) in [6.45, 7) is 1.82. The maximum atomic E-state index is 12.6. The molecule has 1 saturated heterocycles. The van der Waals surface area contributed by atoms with Gasteiger partial charge in [0.2, 0.25) is 5.91 Å². The first-order valence-corrected chi connectivity index (χ1v) is 11.1. The molecule has 7 heteroatoms. The maximum Gasteiger partial charge on any atom is 0.233 e. The number of carbonyl (C=O) groups excluding carboxylic acids is 1. The van der Waals surface area contributed by atoms with E-state index in [-0.39, 0.29) is 5.91 Å². The van der Waals surface area contributed by atoms with Gasteiger partial charge in [-0.15, -0.1) is 21.5 Å². The quantitative estimate of drug-likeness (QED) is 0.733. The van der Waals surface area contributed by atoms with Crippen LogP contribution in [0.2, 0.25) is 0 Å². The zero-order valence-electron chi connectivity index (χ0n) is 14.4. The zero-order valence-corrected chi connectivity index (χ0v) is 16.0. The highest BCUT2D eigenvalue weighted by Gasteiger charge is 2.30. The second kappa shape index (κ2) is 7.91. The standard InChI is InChI=1S/C18H24N4OS2/c23-16(21-10-4-2-1-3-5-11-21)13-25-18-20-19-17(15-7-6-12-24-15)22(18)14-8-9-14/h6-7,12,14H,1-5,8-11,13H2. The van der Waals surface area contributed by atoms with E-state index in [0.717, 1.165) is 41.8 Å². The maximum absolute atomic E-state index is 12.6. The number of thioether (sulfide) groups is 1. The van der Waals surface area contributed by atoms with Crippen molar-refractivity contribution < 1.29 is 4.79 Å². The summed E-state index contributed by atoms with van der Waals surface area (Å²) in [4.78, 5) is 15.8. The predicted molar refractivity (Wildman–Crippen MR) is 102 cm³/mol. The summed E-state index contributed by atoms with van der Waals surface area (Å²) in [6.07, 6.45) is 8.45. The third kappa shape index (κ3) is 4.08. The lowest BCUT2D eigenvalue weighted by atomic mass is 10.1. The number of hydrogen-bond acceptors (Lipinski definition) is 5. The number of hydrogen-bond donors (Lipinski definition) is 0. The molecule has 2 aliphatic rings. The molecule has 0 unspecified atom stereocenters. The largest absolute Gasteiger partial charge is 0.342 e. The van der Waals surface area contributed by atoms with Crippen LogP contribution in [0, 0.1) is 0 Å². The molecule has 5 nitrogen and oxygen atoms in total. The Balaban J connectivity index is 1.43. The van der Waals surface area contributed by atoms with Gasteiger partial charge in [-0.05, 0) is 37.1 Å². The summed E-state index contributed by atoms with van der Waals surface area (Å²) in [5, 5.41) is 11.8. The molecule has 0 atom stereocenters. The van der Waals surface area contributed by atoms with E-state index >= 15 is 0 Å². The van der Waals surface area contributed by atoms with Crippen LogP contribution >= 0.6 is 23.1 Å². The average Bonchev–Trinajstić information content (AvgIpc) is 3.11. The number of thiophene rings is 1. The molecular weight excluding hydrogens is 352 g/mol. The van der Waals surface area contributed by atoms with E-state index in [0.29, 0.717) is 11.8 Å². The normalized spacial score (nSPS) is 18.8. The lowest BCUT2D eigenvalue weighted by Crippen LogP contribution is -2.35. The third-order valence-electron chi connectivity index (χ3n) is 4.85. The molecule has 1 saturated carbocycles. The van der Waals surface area contributed by atoms with E-state index in [9.17, 15) is 4.79 Å². The molecule has 0 aromatic carbocycles. The van der Waals surface area contributed by atoms with Crippen LogP contribution < -0.4 is 0 Å². The van der Waals surface area contributed by atoms with Crippen LogP contribution in [0.1, 0.15) is 51.0 Å². The van der Waals surface area contributed by atoms with Crippen LogP contribution in [0.15, 0.2) is 22.7 Å². The fourth-order valence-corrected chi connectivity index (χ4v) is 4.94.